The largest absolute Gasteiger partial charge is 0.471 e. The van der Waals surface area contributed by atoms with Crippen molar-refractivity contribution >= 4 is 17.5 Å². The lowest BCUT2D eigenvalue weighted by Gasteiger charge is -2.21. The number of ether oxygens (including phenoxy) is 1. The molecule has 7 heteroatoms. The third kappa shape index (κ3) is 3.77. The van der Waals surface area contributed by atoms with Crippen LogP contribution in [0.1, 0.15) is 18.4 Å². The Morgan fingerprint density at radius 2 is 2.00 bits per heavy atom. The number of rotatable bonds is 4. The fourth-order valence-electron chi connectivity index (χ4n) is 3.65. The van der Waals surface area contributed by atoms with Crippen LogP contribution in [0.3, 0.4) is 0 Å². The molecule has 7 nitrogen and oxygen atoms in total. The van der Waals surface area contributed by atoms with Gasteiger partial charge in [0.25, 0.3) is 0 Å². The van der Waals surface area contributed by atoms with Gasteiger partial charge in [-0.05, 0) is 25.1 Å². The molecule has 0 spiro atoms. The van der Waals surface area contributed by atoms with Gasteiger partial charge in [0.15, 0.2) is 0 Å². The van der Waals surface area contributed by atoms with Gasteiger partial charge < -0.3 is 14.5 Å². The molecule has 140 valence electrons. The Kier molecular flexibility index (Phi) is 4.75. The Hall–Kier alpha value is -2.96. The van der Waals surface area contributed by atoms with Crippen LogP contribution in [0.2, 0.25) is 0 Å². The number of amides is 2. The Labute approximate surface area is 157 Å². The number of benzene rings is 1. The van der Waals surface area contributed by atoms with Gasteiger partial charge in [0.2, 0.25) is 17.7 Å². The Bertz CT molecular complexity index is 825. The zero-order chi connectivity index (χ0) is 18.8. The van der Waals surface area contributed by atoms with Gasteiger partial charge in [-0.1, -0.05) is 17.7 Å². The highest BCUT2D eigenvalue weighted by molar-refractivity contribution is 6.00. The molecule has 2 amide bonds. The van der Waals surface area contributed by atoms with Crippen LogP contribution in [0.5, 0.6) is 5.88 Å². The summed E-state index contributed by atoms with van der Waals surface area (Å²) in [6, 6.07) is 11.3. The molecule has 0 aliphatic carbocycles. The lowest BCUT2D eigenvalue weighted by atomic mass is 10.1. The average Bonchev–Trinajstić information content (AvgIpc) is 3.30. The molecule has 1 aromatic heterocycles. The maximum Gasteiger partial charge on any atom is 0.233 e. The normalized spacial score (nSPS) is 22.3. The summed E-state index contributed by atoms with van der Waals surface area (Å²) >= 11 is 0. The SMILES string of the molecule is Cc1ccc(N2CC(C(=O)N3CCC(Oc4cccnn4)C3)CC2=O)cc1. The second-order valence-corrected chi connectivity index (χ2v) is 7.12. The summed E-state index contributed by atoms with van der Waals surface area (Å²) in [5.74, 6) is 0.208. The summed E-state index contributed by atoms with van der Waals surface area (Å²) in [7, 11) is 0. The quantitative estimate of drug-likeness (QED) is 0.825. The zero-order valence-corrected chi connectivity index (χ0v) is 15.2. The van der Waals surface area contributed by atoms with Crippen LogP contribution in [0.25, 0.3) is 0 Å². The molecule has 0 radical (unpaired) electrons. The Morgan fingerprint density at radius 3 is 2.74 bits per heavy atom. The highest BCUT2D eigenvalue weighted by atomic mass is 16.5. The van der Waals surface area contributed by atoms with Gasteiger partial charge in [-0.25, -0.2) is 0 Å². The molecule has 4 rings (SSSR count). The van der Waals surface area contributed by atoms with Crippen molar-refractivity contribution in [2.75, 3.05) is 24.5 Å². The number of aromatic nitrogens is 2. The molecule has 1 aromatic carbocycles. The summed E-state index contributed by atoms with van der Waals surface area (Å²) in [5, 5.41) is 7.72. The van der Waals surface area contributed by atoms with Crippen molar-refractivity contribution in [1.29, 1.82) is 0 Å². The van der Waals surface area contributed by atoms with Gasteiger partial charge in [-0.2, -0.15) is 5.10 Å². The fourth-order valence-corrected chi connectivity index (χ4v) is 3.65. The van der Waals surface area contributed by atoms with E-state index in [0.29, 0.717) is 25.5 Å². The molecular formula is C20H22N4O3. The molecule has 0 saturated carbocycles. The van der Waals surface area contributed by atoms with Gasteiger partial charge in [0.05, 0.1) is 12.5 Å². The first-order chi connectivity index (χ1) is 13.1. The van der Waals surface area contributed by atoms with E-state index in [9.17, 15) is 9.59 Å². The van der Waals surface area contributed by atoms with Crippen LogP contribution in [0.15, 0.2) is 42.6 Å². The third-order valence-corrected chi connectivity index (χ3v) is 5.11. The van der Waals surface area contributed by atoms with Crippen LogP contribution < -0.4 is 9.64 Å². The molecule has 27 heavy (non-hydrogen) atoms. The van der Waals surface area contributed by atoms with E-state index in [4.69, 9.17) is 4.74 Å². The van der Waals surface area contributed by atoms with Gasteiger partial charge in [0, 0.05) is 43.9 Å². The number of carbonyl (C=O) groups is 2. The lowest BCUT2D eigenvalue weighted by Crippen LogP contribution is -2.37. The van der Waals surface area contributed by atoms with Gasteiger partial charge in [-0.3, -0.25) is 9.59 Å². The molecule has 3 heterocycles. The summed E-state index contributed by atoms with van der Waals surface area (Å²) in [6.45, 7) is 3.60. The molecule has 0 bridgehead atoms. The predicted octanol–water partition coefficient (Wildman–Crippen LogP) is 1.82. The molecule has 2 aliphatic rings. The molecular weight excluding hydrogens is 344 g/mol. The summed E-state index contributed by atoms with van der Waals surface area (Å²) in [4.78, 5) is 28.8. The maximum absolute atomic E-state index is 12.9. The van der Waals surface area contributed by atoms with Gasteiger partial charge >= 0.3 is 0 Å². The fraction of sp³-hybridized carbons (Fsp3) is 0.400. The second-order valence-electron chi connectivity index (χ2n) is 7.12. The predicted molar refractivity (Wildman–Crippen MR) is 99.3 cm³/mol. The van der Waals surface area contributed by atoms with Crippen molar-refractivity contribution in [2.24, 2.45) is 5.92 Å². The van der Waals surface area contributed by atoms with E-state index in [1.54, 1.807) is 28.1 Å². The third-order valence-electron chi connectivity index (χ3n) is 5.11. The van der Waals surface area contributed by atoms with Crippen molar-refractivity contribution < 1.29 is 14.3 Å². The topological polar surface area (TPSA) is 75.6 Å². The van der Waals surface area contributed by atoms with Crippen LogP contribution >= 0.6 is 0 Å². The Morgan fingerprint density at radius 1 is 1.19 bits per heavy atom. The van der Waals surface area contributed by atoms with E-state index in [0.717, 1.165) is 17.7 Å². The number of likely N-dealkylation sites (tertiary alicyclic amines) is 1. The highest BCUT2D eigenvalue weighted by Crippen LogP contribution is 2.28. The molecule has 2 saturated heterocycles. The first kappa shape index (κ1) is 17.5. The van der Waals surface area contributed by atoms with Gasteiger partial charge in [0.1, 0.15) is 6.10 Å². The standard InChI is InChI=1S/C20H22N4O3/c1-14-4-6-16(7-5-14)24-12-15(11-19(24)25)20(26)23-10-8-17(13-23)27-18-3-2-9-21-22-18/h2-7,9,15,17H,8,10-13H2,1H3. The van der Waals surface area contributed by atoms with Crippen molar-refractivity contribution in [3.8, 4) is 5.88 Å². The minimum absolute atomic E-state index is 0.00348. The maximum atomic E-state index is 12.9. The Balaban J connectivity index is 1.36. The highest BCUT2D eigenvalue weighted by Gasteiger charge is 2.39. The first-order valence-corrected chi connectivity index (χ1v) is 9.20. The van der Waals surface area contributed by atoms with E-state index in [-0.39, 0.29) is 30.3 Å². The van der Waals surface area contributed by atoms with Crippen molar-refractivity contribution in [3.63, 3.8) is 0 Å². The van der Waals surface area contributed by atoms with Crippen LogP contribution in [0, 0.1) is 12.8 Å². The number of aryl methyl sites for hydroxylation is 1. The van der Waals surface area contributed by atoms with Crippen LogP contribution in [-0.2, 0) is 9.59 Å². The monoisotopic (exact) mass is 366 g/mol. The number of hydrogen-bond acceptors (Lipinski definition) is 5. The van der Waals surface area contributed by atoms with E-state index in [1.807, 2.05) is 31.2 Å². The van der Waals surface area contributed by atoms with Crippen molar-refractivity contribution in [3.05, 3.63) is 48.2 Å². The summed E-state index contributed by atoms with van der Waals surface area (Å²) in [6.07, 6.45) is 2.52. The summed E-state index contributed by atoms with van der Waals surface area (Å²) in [5.41, 5.74) is 2.00. The van der Waals surface area contributed by atoms with E-state index in [2.05, 4.69) is 10.2 Å². The number of carbonyl (C=O) groups excluding carboxylic acids is 2. The minimum atomic E-state index is -0.297. The molecule has 2 aliphatic heterocycles. The molecule has 2 aromatic rings. The molecule has 2 fully saturated rings. The molecule has 2 unspecified atom stereocenters. The smallest absolute Gasteiger partial charge is 0.233 e. The van der Waals surface area contributed by atoms with Crippen LogP contribution in [0.4, 0.5) is 5.69 Å². The van der Waals surface area contributed by atoms with E-state index >= 15 is 0 Å². The van der Waals surface area contributed by atoms with Crippen LogP contribution in [-0.4, -0.2) is 52.6 Å². The average molecular weight is 366 g/mol. The number of hydrogen-bond donors (Lipinski definition) is 0. The second kappa shape index (κ2) is 7.34. The van der Waals surface area contributed by atoms with Gasteiger partial charge in [-0.15, -0.1) is 5.10 Å². The number of nitrogens with zero attached hydrogens (tertiary/aromatic N) is 4. The molecule has 2 atom stereocenters. The molecule has 0 N–H and O–H groups in total. The zero-order valence-electron chi connectivity index (χ0n) is 15.2. The van der Waals surface area contributed by atoms with Crippen molar-refractivity contribution in [2.45, 2.75) is 25.9 Å². The lowest BCUT2D eigenvalue weighted by molar-refractivity contribution is -0.135. The van der Waals surface area contributed by atoms with Crippen molar-refractivity contribution in [1.82, 2.24) is 15.1 Å². The summed E-state index contributed by atoms with van der Waals surface area (Å²) < 4.78 is 5.80. The van der Waals surface area contributed by atoms with E-state index in [1.165, 1.54) is 0 Å². The first-order valence-electron chi connectivity index (χ1n) is 9.20. The van der Waals surface area contributed by atoms with E-state index < -0.39 is 0 Å². The number of anilines is 1. The minimum Gasteiger partial charge on any atom is -0.471 e.